The van der Waals surface area contributed by atoms with Crippen molar-refractivity contribution in [1.82, 2.24) is 4.57 Å². The fraction of sp³-hybridized carbons (Fsp3) is 0.304. The molecule has 0 aliphatic heterocycles. The third kappa shape index (κ3) is 3.40. The largest absolute Gasteiger partial charge is 0.383 e. The van der Waals surface area contributed by atoms with Crippen LogP contribution in [-0.4, -0.2) is 18.3 Å². The Morgan fingerprint density at radius 1 is 1.20 bits per heavy atom. The molecule has 0 radical (unpaired) electrons. The molecule has 2 aliphatic rings. The van der Waals surface area contributed by atoms with E-state index in [9.17, 15) is 0 Å². The molecule has 2 heteroatoms. The highest BCUT2D eigenvalue weighted by molar-refractivity contribution is 5.89. The molecule has 0 bridgehead atoms. The number of aromatic nitrogens is 1. The van der Waals surface area contributed by atoms with Gasteiger partial charge >= 0.3 is 0 Å². The maximum atomic E-state index is 5.39. The number of methoxy groups -OCH3 is 1. The maximum Gasteiger partial charge on any atom is 0.0642 e. The van der Waals surface area contributed by atoms with Crippen LogP contribution in [0.2, 0.25) is 0 Å². The lowest BCUT2D eigenvalue weighted by Gasteiger charge is -2.14. The summed E-state index contributed by atoms with van der Waals surface area (Å²) in [5, 5.41) is 0. The zero-order chi connectivity index (χ0) is 17.6. The summed E-state index contributed by atoms with van der Waals surface area (Å²) in [6.07, 6.45) is 23.0. The van der Waals surface area contributed by atoms with Crippen LogP contribution >= 0.6 is 0 Å². The van der Waals surface area contributed by atoms with E-state index in [0.717, 1.165) is 25.8 Å². The van der Waals surface area contributed by atoms with Crippen LogP contribution in [0.3, 0.4) is 0 Å². The minimum atomic E-state index is 0.691. The molecule has 1 heterocycles. The van der Waals surface area contributed by atoms with Crippen LogP contribution < -0.4 is 0 Å². The van der Waals surface area contributed by atoms with Crippen LogP contribution in [0, 0.1) is 0 Å². The SMILES string of the molecule is C=Cc1c2c(n(CCOC)c1/C=C\CC)C1=C(C=CCC=C1)CC=C2. The Balaban J connectivity index is 2.30. The number of ether oxygens (including phenoxy) is 1. The van der Waals surface area contributed by atoms with Gasteiger partial charge in [-0.05, 0) is 30.9 Å². The molecule has 2 nitrogen and oxygen atoms in total. The molecule has 2 aliphatic carbocycles. The van der Waals surface area contributed by atoms with Crippen LogP contribution in [0.25, 0.3) is 23.8 Å². The lowest BCUT2D eigenvalue weighted by atomic mass is 10.0. The first-order chi connectivity index (χ1) is 12.3. The molecule has 0 N–H and O–H groups in total. The average molecular weight is 333 g/mol. The van der Waals surface area contributed by atoms with Gasteiger partial charge in [0.2, 0.25) is 0 Å². The van der Waals surface area contributed by atoms with Gasteiger partial charge in [0.15, 0.2) is 0 Å². The summed E-state index contributed by atoms with van der Waals surface area (Å²) >= 11 is 0. The van der Waals surface area contributed by atoms with E-state index in [1.165, 1.54) is 33.7 Å². The first-order valence-electron chi connectivity index (χ1n) is 9.09. The Morgan fingerprint density at radius 2 is 2.04 bits per heavy atom. The summed E-state index contributed by atoms with van der Waals surface area (Å²) in [4.78, 5) is 0. The van der Waals surface area contributed by atoms with Gasteiger partial charge in [-0.25, -0.2) is 0 Å². The van der Waals surface area contributed by atoms with Crippen LogP contribution in [0.1, 0.15) is 48.7 Å². The van der Waals surface area contributed by atoms with E-state index in [1.807, 2.05) is 6.08 Å². The highest BCUT2D eigenvalue weighted by atomic mass is 16.5. The van der Waals surface area contributed by atoms with Crippen molar-refractivity contribution in [3.8, 4) is 0 Å². The number of nitrogens with zero attached hydrogens (tertiary/aromatic N) is 1. The summed E-state index contributed by atoms with van der Waals surface area (Å²) in [6.45, 7) is 7.78. The van der Waals surface area contributed by atoms with E-state index in [-0.39, 0.29) is 0 Å². The van der Waals surface area contributed by atoms with Crippen LogP contribution in [-0.2, 0) is 11.3 Å². The van der Waals surface area contributed by atoms with Gasteiger partial charge in [-0.1, -0.05) is 62.1 Å². The Kier molecular flexibility index (Phi) is 5.72. The highest BCUT2D eigenvalue weighted by Crippen LogP contribution is 2.38. The van der Waals surface area contributed by atoms with E-state index in [4.69, 9.17) is 4.74 Å². The van der Waals surface area contributed by atoms with E-state index in [0.29, 0.717) is 6.61 Å². The molecular formula is C23H27NO. The van der Waals surface area contributed by atoms with Crippen LogP contribution in [0.15, 0.2) is 48.6 Å². The van der Waals surface area contributed by atoms with Crippen molar-refractivity contribution < 1.29 is 4.74 Å². The first-order valence-corrected chi connectivity index (χ1v) is 9.09. The highest BCUT2D eigenvalue weighted by Gasteiger charge is 2.23. The van der Waals surface area contributed by atoms with Gasteiger partial charge in [0.1, 0.15) is 0 Å². The van der Waals surface area contributed by atoms with E-state index >= 15 is 0 Å². The van der Waals surface area contributed by atoms with Crippen molar-refractivity contribution in [2.75, 3.05) is 13.7 Å². The average Bonchev–Trinajstić information content (AvgIpc) is 2.79. The maximum absolute atomic E-state index is 5.39. The van der Waals surface area contributed by atoms with Crippen molar-refractivity contribution in [1.29, 1.82) is 0 Å². The molecule has 0 saturated heterocycles. The standard InChI is InChI=1S/C23H27NO/c1-4-6-15-22-19(5-2)21-14-10-12-18-11-8-7-9-13-20(18)23(21)24(22)16-17-25-3/h5-6,8-11,13-15H,2,4,7,12,16-17H2,1,3H3/b15-6-. The van der Waals surface area contributed by atoms with Crippen molar-refractivity contribution in [3.05, 3.63) is 71.1 Å². The summed E-state index contributed by atoms with van der Waals surface area (Å²) in [6, 6.07) is 0. The zero-order valence-corrected chi connectivity index (χ0v) is 15.3. The molecular weight excluding hydrogens is 306 g/mol. The molecule has 1 aromatic heterocycles. The molecule has 0 aromatic carbocycles. The minimum absolute atomic E-state index is 0.691. The predicted molar refractivity (Wildman–Crippen MR) is 109 cm³/mol. The Labute approximate surface area is 151 Å². The lowest BCUT2D eigenvalue weighted by molar-refractivity contribution is 0.187. The molecule has 0 saturated carbocycles. The van der Waals surface area contributed by atoms with Crippen molar-refractivity contribution in [3.63, 3.8) is 0 Å². The molecule has 0 atom stereocenters. The normalized spacial score (nSPS) is 16.1. The Bertz CT molecular complexity index is 797. The second-order valence-corrected chi connectivity index (χ2v) is 6.31. The third-order valence-corrected chi connectivity index (χ3v) is 4.72. The molecule has 0 spiro atoms. The summed E-state index contributed by atoms with van der Waals surface area (Å²) in [5.74, 6) is 0. The molecule has 0 fully saturated rings. The second-order valence-electron chi connectivity index (χ2n) is 6.31. The Hall–Kier alpha value is -2.32. The molecule has 0 amide bonds. The van der Waals surface area contributed by atoms with Gasteiger partial charge in [0.25, 0.3) is 0 Å². The van der Waals surface area contributed by atoms with Gasteiger partial charge in [-0.3, -0.25) is 0 Å². The molecule has 3 rings (SSSR count). The van der Waals surface area contributed by atoms with Gasteiger partial charge in [0, 0.05) is 36.0 Å². The third-order valence-electron chi connectivity index (χ3n) is 4.72. The number of rotatable bonds is 6. The van der Waals surface area contributed by atoms with Crippen molar-refractivity contribution in [2.45, 2.75) is 32.7 Å². The summed E-state index contributed by atoms with van der Waals surface area (Å²) in [5.41, 5.74) is 7.69. The monoisotopic (exact) mass is 333 g/mol. The minimum Gasteiger partial charge on any atom is -0.383 e. The quantitative estimate of drug-likeness (QED) is 0.633. The fourth-order valence-corrected chi connectivity index (χ4v) is 3.56. The lowest BCUT2D eigenvalue weighted by Crippen LogP contribution is -2.10. The summed E-state index contributed by atoms with van der Waals surface area (Å²) in [7, 11) is 1.76. The number of fused-ring (bicyclic) bond motifs is 2. The van der Waals surface area contributed by atoms with E-state index in [1.54, 1.807) is 7.11 Å². The van der Waals surface area contributed by atoms with E-state index in [2.05, 4.69) is 66.7 Å². The molecule has 130 valence electrons. The van der Waals surface area contributed by atoms with Gasteiger partial charge in [0.05, 0.1) is 12.3 Å². The molecule has 0 unspecified atom stereocenters. The van der Waals surface area contributed by atoms with Gasteiger partial charge in [-0.15, -0.1) is 0 Å². The number of allylic oxidation sites excluding steroid dienone is 8. The molecule has 1 aromatic rings. The Morgan fingerprint density at radius 3 is 2.80 bits per heavy atom. The second kappa shape index (κ2) is 8.17. The van der Waals surface area contributed by atoms with Crippen molar-refractivity contribution >= 4 is 23.8 Å². The topological polar surface area (TPSA) is 14.2 Å². The van der Waals surface area contributed by atoms with Gasteiger partial charge < -0.3 is 9.30 Å². The smallest absolute Gasteiger partial charge is 0.0642 e. The van der Waals surface area contributed by atoms with Gasteiger partial charge in [-0.2, -0.15) is 0 Å². The number of hydrogen-bond acceptors (Lipinski definition) is 1. The van der Waals surface area contributed by atoms with Crippen LogP contribution in [0.4, 0.5) is 0 Å². The fourth-order valence-electron chi connectivity index (χ4n) is 3.56. The number of hydrogen-bond donors (Lipinski definition) is 0. The zero-order valence-electron chi connectivity index (χ0n) is 15.3. The van der Waals surface area contributed by atoms with Crippen LogP contribution in [0.5, 0.6) is 0 Å². The van der Waals surface area contributed by atoms with E-state index < -0.39 is 0 Å². The van der Waals surface area contributed by atoms with Crippen molar-refractivity contribution in [2.24, 2.45) is 0 Å². The first kappa shape index (κ1) is 17.5. The summed E-state index contributed by atoms with van der Waals surface area (Å²) < 4.78 is 7.79. The molecule has 25 heavy (non-hydrogen) atoms. The predicted octanol–water partition coefficient (Wildman–Crippen LogP) is 5.89.